The summed E-state index contributed by atoms with van der Waals surface area (Å²) >= 11 is 0. The molecule has 0 radical (unpaired) electrons. The largest absolute Gasteiger partial charge is 2.00 e. The maximum absolute atomic E-state index is 11.8. The fraction of sp³-hybridized carbons (Fsp3) is 0.320. The molecule has 5 nitrogen and oxygen atoms in total. The van der Waals surface area contributed by atoms with E-state index in [1.54, 1.807) is 6.20 Å². The minimum atomic E-state index is -0.391. The summed E-state index contributed by atoms with van der Waals surface area (Å²) in [7, 11) is 0. The zero-order chi connectivity index (χ0) is 22.4. The van der Waals surface area contributed by atoms with Gasteiger partial charge in [0.25, 0.3) is 0 Å². The molecule has 0 aliphatic heterocycles. The van der Waals surface area contributed by atoms with Crippen molar-refractivity contribution in [3.63, 3.8) is 0 Å². The Morgan fingerprint density at radius 3 is 1.87 bits per heavy atom. The zero-order valence-electron chi connectivity index (χ0n) is 18.8. The summed E-state index contributed by atoms with van der Waals surface area (Å²) in [6.07, 6.45) is 1.69. The molecule has 0 N–H and O–H groups in total. The molecule has 0 saturated carbocycles. The average molecular weight is 599 g/mol. The van der Waals surface area contributed by atoms with Crippen LogP contribution >= 0.6 is 0 Å². The minimum absolute atomic E-state index is 0. The van der Waals surface area contributed by atoms with Crippen molar-refractivity contribution in [2.24, 2.45) is 10.2 Å². The smallest absolute Gasteiger partial charge is 0.873 e. The molecule has 3 aromatic rings. The Morgan fingerprint density at radius 1 is 0.742 bits per heavy atom. The molecule has 3 rings (SSSR count). The van der Waals surface area contributed by atoms with Crippen LogP contribution in [0.2, 0.25) is 0 Å². The third-order valence-corrected chi connectivity index (χ3v) is 4.40. The predicted octanol–water partition coefficient (Wildman–Crippen LogP) is 5.92. The number of pyridine rings is 1. The van der Waals surface area contributed by atoms with Gasteiger partial charge in [-0.15, -0.1) is 21.7 Å². The molecular formula is C25H29N3O2Pt. The molecule has 0 atom stereocenters. The van der Waals surface area contributed by atoms with E-state index in [-0.39, 0.29) is 37.6 Å². The Hall–Kier alpha value is -2.52. The summed E-state index contributed by atoms with van der Waals surface area (Å²) < 4.78 is 0. The summed E-state index contributed by atoms with van der Waals surface area (Å²) in [5.41, 5.74) is 2.00. The van der Waals surface area contributed by atoms with Crippen LogP contribution in [0.1, 0.15) is 52.7 Å². The Labute approximate surface area is 199 Å². The number of azo groups is 1. The molecule has 0 amide bonds. The van der Waals surface area contributed by atoms with Crippen molar-refractivity contribution >= 4 is 11.5 Å². The first-order valence-corrected chi connectivity index (χ1v) is 9.89. The molecule has 0 fully saturated rings. The van der Waals surface area contributed by atoms with Gasteiger partial charge in [0.05, 0.1) is 5.69 Å². The van der Waals surface area contributed by atoms with Crippen LogP contribution in [-0.2, 0) is 31.9 Å². The quantitative estimate of drug-likeness (QED) is 0.343. The van der Waals surface area contributed by atoms with Crippen LogP contribution in [0.4, 0.5) is 11.5 Å². The van der Waals surface area contributed by atoms with Gasteiger partial charge in [-0.1, -0.05) is 83.5 Å². The van der Waals surface area contributed by atoms with Crippen LogP contribution < -0.4 is 10.2 Å². The molecule has 0 aliphatic rings. The standard InChI is InChI=1S/C14H22O2.C11H9N3.Pt/c1-13(2,3)9-7-10(14(4,5)6)12(16)11(15)8-9;1-2-6-10(7-3-1)13-14-11-8-4-5-9-12-11;/h7-8,15-16H,1-6H3;1-9H;/q;;+2/p-2. The van der Waals surface area contributed by atoms with E-state index in [2.05, 4.69) is 15.2 Å². The van der Waals surface area contributed by atoms with E-state index in [0.717, 1.165) is 11.3 Å². The third-order valence-electron chi connectivity index (χ3n) is 4.40. The fourth-order valence-electron chi connectivity index (χ4n) is 2.61. The second-order valence-electron chi connectivity index (χ2n) is 9.07. The van der Waals surface area contributed by atoms with Gasteiger partial charge in [0.1, 0.15) is 0 Å². The SMILES string of the molecule is CC(C)(C)c1cc([O-])c([O-])c(C(C)(C)C)c1.[Pt+2].c1ccc(N=Nc2ccccn2)cc1. The van der Waals surface area contributed by atoms with E-state index in [1.807, 2.05) is 96.1 Å². The Bertz CT molecular complexity index is 936. The van der Waals surface area contributed by atoms with Crippen LogP contribution in [0, 0.1) is 0 Å². The molecule has 6 heteroatoms. The van der Waals surface area contributed by atoms with Crippen LogP contribution in [0.5, 0.6) is 11.5 Å². The summed E-state index contributed by atoms with van der Waals surface area (Å²) in [6.45, 7) is 12.0. The predicted molar refractivity (Wildman–Crippen MR) is 118 cm³/mol. The van der Waals surface area contributed by atoms with Crippen molar-refractivity contribution in [1.29, 1.82) is 0 Å². The number of hydrogen-bond acceptors (Lipinski definition) is 5. The summed E-state index contributed by atoms with van der Waals surface area (Å²) in [5.74, 6) is -0.130. The van der Waals surface area contributed by atoms with Crippen molar-refractivity contribution < 1.29 is 31.3 Å². The van der Waals surface area contributed by atoms with Crippen LogP contribution in [-0.4, -0.2) is 4.98 Å². The van der Waals surface area contributed by atoms with Gasteiger partial charge in [0, 0.05) is 6.20 Å². The number of benzene rings is 2. The normalized spacial score (nSPS) is 11.4. The maximum Gasteiger partial charge on any atom is 2.00 e. The Balaban J connectivity index is 0.000000302. The maximum atomic E-state index is 11.8. The van der Waals surface area contributed by atoms with Gasteiger partial charge in [-0.2, -0.15) is 0 Å². The minimum Gasteiger partial charge on any atom is -0.873 e. The summed E-state index contributed by atoms with van der Waals surface area (Å²) in [4.78, 5) is 4.03. The topological polar surface area (TPSA) is 83.7 Å². The molecular weight excluding hydrogens is 569 g/mol. The molecule has 0 aliphatic carbocycles. The monoisotopic (exact) mass is 598 g/mol. The Morgan fingerprint density at radius 2 is 1.35 bits per heavy atom. The van der Waals surface area contributed by atoms with Crippen LogP contribution in [0.3, 0.4) is 0 Å². The van der Waals surface area contributed by atoms with E-state index in [9.17, 15) is 10.2 Å². The van der Waals surface area contributed by atoms with Gasteiger partial charge in [-0.3, -0.25) is 0 Å². The molecule has 166 valence electrons. The van der Waals surface area contributed by atoms with Crippen molar-refractivity contribution in [3.05, 3.63) is 78.0 Å². The summed E-state index contributed by atoms with van der Waals surface area (Å²) in [5, 5.41) is 31.5. The van der Waals surface area contributed by atoms with Crippen molar-refractivity contribution in [2.45, 2.75) is 52.4 Å². The van der Waals surface area contributed by atoms with Crippen LogP contribution in [0.25, 0.3) is 0 Å². The van der Waals surface area contributed by atoms with Gasteiger partial charge >= 0.3 is 21.1 Å². The summed E-state index contributed by atoms with van der Waals surface area (Å²) in [6, 6.07) is 18.5. The van der Waals surface area contributed by atoms with Gasteiger partial charge in [0.15, 0.2) is 5.82 Å². The van der Waals surface area contributed by atoms with Crippen molar-refractivity contribution in [3.8, 4) is 11.5 Å². The van der Waals surface area contributed by atoms with Gasteiger partial charge < -0.3 is 10.2 Å². The van der Waals surface area contributed by atoms with Gasteiger partial charge in [0.2, 0.25) is 0 Å². The van der Waals surface area contributed by atoms with Gasteiger partial charge in [-0.25, -0.2) is 4.98 Å². The number of rotatable bonds is 2. The van der Waals surface area contributed by atoms with E-state index in [4.69, 9.17) is 0 Å². The first-order valence-electron chi connectivity index (χ1n) is 9.89. The van der Waals surface area contributed by atoms with Crippen molar-refractivity contribution in [1.82, 2.24) is 4.98 Å². The molecule has 0 spiro atoms. The molecule has 0 saturated heterocycles. The van der Waals surface area contributed by atoms with E-state index in [1.165, 1.54) is 6.07 Å². The number of nitrogens with zero attached hydrogens (tertiary/aromatic N) is 3. The first-order chi connectivity index (χ1) is 14.0. The molecule has 0 bridgehead atoms. The van der Waals surface area contributed by atoms with Gasteiger partial charge in [-0.05, 0) is 40.7 Å². The average Bonchev–Trinajstić information content (AvgIpc) is 2.69. The molecule has 31 heavy (non-hydrogen) atoms. The number of hydrogen-bond donors (Lipinski definition) is 0. The van der Waals surface area contributed by atoms with E-state index < -0.39 is 5.75 Å². The molecule has 1 aromatic heterocycles. The van der Waals surface area contributed by atoms with Crippen molar-refractivity contribution in [2.75, 3.05) is 0 Å². The van der Waals surface area contributed by atoms with E-state index >= 15 is 0 Å². The van der Waals surface area contributed by atoms with Crippen LogP contribution in [0.15, 0.2) is 77.1 Å². The molecule has 1 heterocycles. The second kappa shape index (κ2) is 11.2. The Kier molecular flexibility index (Phi) is 9.58. The van der Waals surface area contributed by atoms with E-state index in [0.29, 0.717) is 11.4 Å². The fourth-order valence-corrected chi connectivity index (χ4v) is 2.61. The number of aromatic nitrogens is 1. The zero-order valence-corrected chi connectivity index (χ0v) is 21.1. The second-order valence-corrected chi connectivity index (χ2v) is 9.07. The third kappa shape index (κ3) is 8.26. The molecule has 2 aromatic carbocycles. The molecule has 0 unspecified atom stereocenters. The first kappa shape index (κ1) is 26.5.